The summed E-state index contributed by atoms with van der Waals surface area (Å²) >= 11 is 0. The molecule has 0 spiro atoms. The zero-order chi connectivity index (χ0) is 18.3. The van der Waals surface area contributed by atoms with Crippen LogP contribution in [-0.2, 0) is 10.0 Å². The van der Waals surface area contributed by atoms with Gasteiger partial charge in [-0.05, 0) is 63.2 Å². The number of aromatic nitrogens is 2. The summed E-state index contributed by atoms with van der Waals surface area (Å²) in [7, 11) is -3.85. The summed E-state index contributed by atoms with van der Waals surface area (Å²) in [5.74, 6) is -0.269. The van der Waals surface area contributed by atoms with Crippen molar-refractivity contribution >= 4 is 20.9 Å². The van der Waals surface area contributed by atoms with Crippen LogP contribution in [0, 0.1) is 12.7 Å². The number of fused-ring (bicyclic) bond motifs is 1. The largest absolute Gasteiger partial charge is 0.317 e. The second-order valence-electron chi connectivity index (χ2n) is 6.73. The maximum atomic E-state index is 13.9. The van der Waals surface area contributed by atoms with E-state index in [0.717, 1.165) is 35.6 Å². The molecule has 1 aliphatic heterocycles. The van der Waals surface area contributed by atoms with Crippen LogP contribution in [0.3, 0.4) is 0 Å². The number of hydrogen-bond donors (Lipinski definition) is 1. The summed E-state index contributed by atoms with van der Waals surface area (Å²) in [5, 5.41) is 8.32. The van der Waals surface area contributed by atoms with Crippen molar-refractivity contribution in [1.29, 1.82) is 0 Å². The second kappa shape index (κ2) is 6.48. The molecule has 2 aromatic carbocycles. The molecule has 0 aliphatic carbocycles. The number of nitrogens with zero attached hydrogens (tertiary/aromatic N) is 2. The Hall–Kier alpha value is -2.25. The standard InChI is InChI=1S/C19H20FN3O2S/c1-13-2-5-16(6-3-13)26(24,25)23-18-7-4-15(20)12-17(18)19(22-23)14-8-10-21-11-9-14/h2-7,12,14,21H,8-11H2,1H3. The second-order valence-corrected chi connectivity index (χ2v) is 8.50. The Kier molecular flexibility index (Phi) is 4.28. The third kappa shape index (κ3) is 2.91. The number of hydrogen-bond acceptors (Lipinski definition) is 4. The molecule has 2 heterocycles. The Morgan fingerprint density at radius 1 is 1.12 bits per heavy atom. The normalized spacial score (nSPS) is 16.2. The number of rotatable bonds is 3. The fraction of sp³-hybridized carbons (Fsp3) is 0.316. The van der Waals surface area contributed by atoms with Gasteiger partial charge >= 0.3 is 0 Å². The molecule has 1 fully saturated rings. The van der Waals surface area contributed by atoms with Crippen LogP contribution in [0.25, 0.3) is 10.9 Å². The van der Waals surface area contributed by atoms with E-state index < -0.39 is 10.0 Å². The minimum absolute atomic E-state index is 0.120. The van der Waals surface area contributed by atoms with Gasteiger partial charge in [0.2, 0.25) is 0 Å². The van der Waals surface area contributed by atoms with Gasteiger partial charge in [0.05, 0.1) is 16.1 Å². The Bertz CT molecular complexity index is 1050. The first-order valence-electron chi connectivity index (χ1n) is 8.68. The molecule has 1 aromatic heterocycles. The van der Waals surface area contributed by atoms with Crippen LogP contribution < -0.4 is 5.32 Å². The zero-order valence-electron chi connectivity index (χ0n) is 14.4. The molecule has 1 N–H and O–H groups in total. The van der Waals surface area contributed by atoms with Gasteiger partial charge in [-0.3, -0.25) is 0 Å². The Balaban J connectivity index is 1.91. The third-order valence-corrected chi connectivity index (χ3v) is 6.51. The van der Waals surface area contributed by atoms with E-state index in [1.54, 1.807) is 24.3 Å². The van der Waals surface area contributed by atoms with Gasteiger partial charge < -0.3 is 5.32 Å². The van der Waals surface area contributed by atoms with Crippen molar-refractivity contribution in [2.24, 2.45) is 0 Å². The summed E-state index contributed by atoms with van der Waals surface area (Å²) in [4.78, 5) is 0.175. The summed E-state index contributed by atoms with van der Waals surface area (Å²) in [6.45, 7) is 3.59. The van der Waals surface area contributed by atoms with Crippen molar-refractivity contribution in [1.82, 2.24) is 14.5 Å². The molecule has 136 valence electrons. The highest BCUT2D eigenvalue weighted by molar-refractivity contribution is 7.90. The summed E-state index contributed by atoms with van der Waals surface area (Å²) < 4.78 is 41.2. The quantitative estimate of drug-likeness (QED) is 0.766. The predicted molar refractivity (Wildman–Crippen MR) is 98.3 cm³/mol. The molecule has 1 saturated heterocycles. The zero-order valence-corrected chi connectivity index (χ0v) is 15.3. The van der Waals surface area contributed by atoms with E-state index in [4.69, 9.17) is 0 Å². The van der Waals surface area contributed by atoms with Crippen LogP contribution in [0.1, 0.15) is 30.0 Å². The SMILES string of the molecule is Cc1ccc(S(=O)(=O)n2nc(C3CCNCC3)c3cc(F)ccc32)cc1. The molecular formula is C19H20FN3O2S. The molecule has 0 atom stereocenters. The van der Waals surface area contributed by atoms with E-state index in [1.165, 1.54) is 18.2 Å². The summed E-state index contributed by atoms with van der Waals surface area (Å²) in [5.41, 5.74) is 2.06. The molecular weight excluding hydrogens is 353 g/mol. The summed E-state index contributed by atoms with van der Waals surface area (Å²) in [6, 6.07) is 10.8. The van der Waals surface area contributed by atoms with Gasteiger partial charge in [0.25, 0.3) is 10.0 Å². The molecule has 0 unspecified atom stereocenters. The fourth-order valence-corrected chi connectivity index (χ4v) is 4.77. The molecule has 0 radical (unpaired) electrons. The first-order valence-corrected chi connectivity index (χ1v) is 10.1. The minimum atomic E-state index is -3.85. The Labute approximate surface area is 151 Å². The van der Waals surface area contributed by atoms with E-state index in [2.05, 4.69) is 10.4 Å². The first kappa shape index (κ1) is 17.2. The van der Waals surface area contributed by atoms with E-state index in [-0.39, 0.29) is 16.6 Å². The van der Waals surface area contributed by atoms with Gasteiger partial charge in [-0.2, -0.15) is 17.6 Å². The maximum absolute atomic E-state index is 13.9. The van der Waals surface area contributed by atoms with Crippen LogP contribution in [0.5, 0.6) is 0 Å². The fourth-order valence-electron chi connectivity index (χ4n) is 3.48. The lowest BCUT2D eigenvalue weighted by Gasteiger charge is -2.21. The molecule has 4 rings (SSSR count). The average molecular weight is 373 g/mol. The third-order valence-electron chi connectivity index (χ3n) is 4.91. The average Bonchev–Trinajstić information content (AvgIpc) is 3.02. The molecule has 0 amide bonds. The van der Waals surface area contributed by atoms with Crippen LogP contribution >= 0.6 is 0 Å². The van der Waals surface area contributed by atoms with E-state index in [9.17, 15) is 12.8 Å². The highest BCUT2D eigenvalue weighted by Gasteiger charge is 2.27. The monoisotopic (exact) mass is 373 g/mol. The number of benzene rings is 2. The topological polar surface area (TPSA) is 64.0 Å². The van der Waals surface area contributed by atoms with E-state index >= 15 is 0 Å². The van der Waals surface area contributed by atoms with Crippen LogP contribution in [-0.4, -0.2) is 30.7 Å². The van der Waals surface area contributed by atoms with Crippen LogP contribution in [0.2, 0.25) is 0 Å². The minimum Gasteiger partial charge on any atom is -0.317 e. The molecule has 26 heavy (non-hydrogen) atoms. The van der Waals surface area contributed by atoms with E-state index in [0.29, 0.717) is 16.6 Å². The van der Waals surface area contributed by atoms with Gasteiger partial charge in [0.15, 0.2) is 0 Å². The van der Waals surface area contributed by atoms with Gasteiger partial charge in [-0.1, -0.05) is 17.7 Å². The number of nitrogens with one attached hydrogen (secondary N) is 1. The lowest BCUT2D eigenvalue weighted by molar-refractivity contribution is 0.453. The van der Waals surface area contributed by atoms with Crippen LogP contribution in [0.15, 0.2) is 47.4 Å². The number of halogens is 1. The summed E-state index contributed by atoms with van der Waals surface area (Å²) in [6.07, 6.45) is 1.71. The molecule has 5 nitrogen and oxygen atoms in total. The van der Waals surface area contributed by atoms with Crippen molar-refractivity contribution in [3.63, 3.8) is 0 Å². The van der Waals surface area contributed by atoms with Crippen molar-refractivity contribution in [2.45, 2.75) is 30.6 Å². The van der Waals surface area contributed by atoms with Gasteiger partial charge in [0.1, 0.15) is 5.82 Å². The lowest BCUT2D eigenvalue weighted by atomic mass is 9.92. The first-order chi connectivity index (χ1) is 12.5. The molecule has 0 bridgehead atoms. The Morgan fingerprint density at radius 2 is 1.81 bits per heavy atom. The number of piperidine rings is 1. The molecule has 3 aromatic rings. The molecule has 7 heteroatoms. The van der Waals surface area contributed by atoms with Gasteiger partial charge in [0, 0.05) is 11.3 Å². The van der Waals surface area contributed by atoms with Crippen molar-refractivity contribution < 1.29 is 12.8 Å². The lowest BCUT2D eigenvalue weighted by Crippen LogP contribution is -2.27. The molecule has 0 saturated carbocycles. The smallest absolute Gasteiger partial charge is 0.283 e. The van der Waals surface area contributed by atoms with Gasteiger partial charge in [-0.15, -0.1) is 0 Å². The Morgan fingerprint density at radius 3 is 2.50 bits per heavy atom. The predicted octanol–water partition coefficient (Wildman–Crippen LogP) is 3.19. The van der Waals surface area contributed by atoms with Crippen molar-refractivity contribution in [3.05, 3.63) is 59.5 Å². The van der Waals surface area contributed by atoms with Crippen LogP contribution in [0.4, 0.5) is 4.39 Å². The highest BCUT2D eigenvalue weighted by Crippen LogP contribution is 2.32. The van der Waals surface area contributed by atoms with Crippen molar-refractivity contribution in [2.75, 3.05) is 13.1 Å². The highest BCUT2D eigenvalue weighted by atomic mass is 32.2. The van der Waals surface area contributed by atoms with E-state index in [1.807, 2.05) is 6.92 Å². The number of aryl methyl sites for hydroxylation is 1. The molecule has 1 aliphatic rings. The van der Waals surface area contributed by atoms with Crippen molar-refractivity contribution in [3.8, 4) is 0 Å². The van der Waals surface area contributed by atoms with Gasteiger partial charge in [-0.25, -0.2) is 4.39 Å². The maximum Gasteiger partial charge on any atom is 0.283 e.